The maximum absolute atomic E-state index is 14.5. The van der Waals surface area contributed by atoms with Crippen LogP contribution < -0.4 is 4.74 Å². The Hall–Kier alpha value is -2.07. The Morgan fingerprint density at radius 1 is 1.10 bits per heavy atom. The van der Waals surface area contributed by atoms with Crippen LogP contribution in [0.4, 0.5) is 4.39 Å². The summed E-state index contributed by atoms with van der Waals surface area (Å²) in [5.41, 5.74) is -0.0971. The second-order valence-electron chi connectivity index (χ2n) is 7.49. The van der Waals surface area contributed by atoms with E-state index in [1.54, 1.807) is 19.2 Å². The number of fused-ring (bicyclic) bond motifs is 2. The van der Waals surface area contributed by atoms with Crippen LogP contribution in [0.25, 0.3) is 0 Å². The van der Waals surface area contributed by atoms with Gasteiger partial charge in [-0.3, -0.25) is 0 Å². The van der Waals surface area contributed by atoms with E-state index < -0.39 is 42.1 Å². The topological polar surface area (TPSA) is 109 Å². The van der Waals surface area contributed by atoms with Crippen LogP contribution in [0.5, 0.6) is 5.75 Å². The molecule has 7 nitrogen and oxygen atoms in total. The van der Waals surface area contributed by atoms with Crippen LogP contribution >= 0.6 is 0 Å². The van der Waals surface area contributed by atoms with Crippen LogP contribution in [-0.4, -0.2) is 64.7 Å². The minimum absolute atomic E-state index is 0.232. The molecule has 0 amide bonds. The number of rotatable bonds is 5. The molecule has 29 heavy (non-hydrogen) atoms. The van der Waals surface area contributed by atoms with Crippen LogP contribution in [0.2, 0.25) is 0 Å². The molecule has 2 aliphatic rings. The molecule has 2 saturated heterocycles. The second-order valence-corrected chi connectivity index (χ2v) is 7.49. The zero-order chi connectivity index (χ0) is 20.8. The van der Waals surface area contributed by atoms with Crippen molar-refractivity contribution in [2.45, 2.75) is 36.1 Å². The fourth-order valence-corrected chi connectivity index (χ4v) is 3.97. The van der Waals surface area contributed by atoms with Gasteiger partial charge in [0.2, 0.25) is 5.79 Å². The van der Waals surface area contributed by atoms with Gasteiger partial charge in [0.1, 0.15) is 35.5 Å². The molecule has 0 aliphatic carbocycles. The lowest BCUT2D eigenvalue weighted by Gasteiger charge is -2.45. The summed E-state index contributed by atoms with van der Waals surface area (Å²) in [6.07, 6.45) is -4.49. The van der Waals surface area contributed by atoms with Crippen LogP contribution in [0.3, 0.4) is 0 Å². The van der Waals surface area contributed by atoms with E-state index in [0.717, 1.165) is 5.56 Å². The minimum Gasteiger partial charge on any atom is -0.497 e. The predicted molar refractivity (Wildman–Crippen MR) is 98.8 cm³/mol. The quantitative estimate of drug-likeness (QED) is 0.571. The highest BCUT2D eigenvalue weighted by molar-refractivity contribution is 5.36. The summed E-state index contributed by atoms with van der Waals surface area (Å²) >= 11 is 0. The molecule has 0 radical (unpaired) electrons. The van der Waals surface area contributed by atoms with Crippen molar-refractivity contribution in [3.63, 3.8) is 0 Å². The average molecular weight is 406 g/mol. The number of aliphatic hydroxyl groups is 4. The summed E-state index contributed by atoms with van der Waals surface area (Å²) in [5, 5.41) is 40.9. The summed E-state index contributed by atoms with van der Waals surface area (Å²) in [4.78, 5) is 0. The molecule has 8 heteroatoms. The lowest BCUT2D eigenvalue weighted by atomic mass is 9.83. The number of ether oxygens (including phenoxy) is 3. The third kappa shape index (κ3) is 3.13. The van der Waals surface area contributed by atoms with Gasteiger partial charge in [-0.2, -0.15) is 0 Å². The van der Waals surface area contributed by atoms with E-state index in [9.17, 15) is 24.8 Å². The molecule has 4 rings (SSSR count). The normalized spacial score (nSPS) is 33.7. The first-order chi connectivity index (χ1) is 13.8. The first-order valence-corrected chi connectivity index (χ1v) is 9.26. The Morgan fingerprint density at radius 3 is 2.48 bits per heavy atom. The van der Waals surface area contributed by atoms with Crippen molar-refractivity contribution in [3.05, 3.63) is 65.0 Å². The molecule has 2 heterocycles. The first-order valence-electron chi connectivity index (χ1n) is 9.26. The zero-order valence-corrected chi connectivity index (χ0v) is 15.8. The SMILES string of the molecule is COc1ccc(Cc2cc([C@]34OC[C@](CO)(O3)[C@@H](O)[C@H](O)[C@H]4O)ccc2F)cc1. The molecule has 2 fully saturated rings. The molecule has 4 N–H and O–H groups in total. The fraction of sp³-hybridized carbons (Fsp3) is 0.429. The minimum atomic E-state index is -1.82. The molecule has 2 aliphatic heterocycles. The van der Waals surface area contributed by atoms with Crippen molar-refractivity contribution >= 4 is 0 Å². The van der Waals surface area contributed by atoms with Gasteiger partial charge in [-0.15, -0.1) is 0 Å². The van der Waals surface area contributed by atoms with Crippen LogP contribution in [-0.2, 0) is 21.7 Å². The average Bonchev–Trinajstić information content (AvgIpc) is 3.13. The van der Waals surface area contributed by atoms with Gasteiger partial charge in [-0.1, -0.05) is 18.2 Å². The molecule has 0 saturated carbocycles. The smallest absolute Gasteiger partial charge is 0.225 e. The Balaban J connectivity index is 1.69. The van der Waals surface area contributed by atoms with E-state index in [0.29, 0.717) is 11.3 Å². The van der Waals surface area contributed by atoms with E-state index in [-0.39, 0.29) is 18.6 Å². The highest BCUT2D eigenvalue weighted by Gasteiger charge is 2.67. The number of aliphatic hydroxyl groups excluding tert-OH is 4. The number of hydrogen-bond acceptors (Lipinski definition) is 7. The molecule has 0 spiro atoms. The molecule has 2 bridgehead atoms. The van der Waals surface area contributed by atoms with Gasteiger partial charge in [0.15, 0.2) is 0 Å². The molecular weight excluding hydrogens is 383 g/mol. The predicted octanol–water partition coefficient (Wildman–Crippen LogP) is 0.452. The van der Waals surface area contributed by atoms with E-state index in [2.05, 4.69) is 0 Å². The van der Waals surface area contributed by atoms with Crippen molar-refractivity contribution < 1.29 is 39.0 Å². The van der Waals surface area contributed by atoms with Gasteiger partial charge in [0.05, 0.1) is 20.3 Å². The van der Waals surface area contributed by atoms with Gasteiger partial charge in [0, 0.05) is 12.0 Å². The maximum atomic E-state index is 14.5. The van der Waals surface area contributed by atoms with Gasteiger partial charge in [0.25, 0.3) is 0 Å². The maximum Gasteiger partial charge on any atom is 0.225 e. The van der Waals surface area contributed by atoms with Crippen molar-refractivity contribution in [2.24, 2.45) is 0 Å². The molecule has 2 aromatic carbocycles. The van der Waals surface area contributed by atoms with E-state index >= 15 is 0 Å². The van der Waals surface area contributed by atoms with Crippen molar-refractivity contribution in [2.75, 3.05) is 20.3 Å². The third-order valence-electron chi connectivity index (χ3n) is 5.73. The largest absolute Gasteiger partial charge is 0.497 e. The summed E-state index contributed by atoms with van der Waals surface area (Å²) < 4.78 is 31.1. The number of benzene rings is 2. The Kier molecular flexibility index (Phi) is 5.10. The Bertz CT molecular complexity index is 889. The van der Waals surface area contributed by atoms with E-state index in [1.807, 2.05) is 12.1 Å². The van der Waals surface area contributed by atoms with Gasteiger partial charge in [-0.25, -0.2) is 4.39 Å². The summed E-state index contributed by atoms with van der Waals surface area (Å²) in [6.45, 7) is -0.844. The van der Waals surface area contributed by atoms with Gasteiger partial charge < -0.3 is 34.6 Å². The molecule has 156 valence electrons. The lowest BCUT2D eigenvalue weighted by molar-refractivity contribution is -0.329. The number of hydrogen-bond donors (Lipinski definition) is 4. The highest BCUT2D eigenvalue weighted by Crippen LogP contribution is 2.49. The first kappa shape index (κ1) is 20.2. The Labute approximate surface area is 166 Å². The number of halogens is 1. The van der Waals surface area contributed by atoms with Crippen LogP contribution in [0.15, 0.2) is 42.5 Å². The van der Waals surface area contributed by atoms with Crippen molar-refractivity contribution in [1.29, 1.82) is 0 Å². The third-order valence-corrected chi connectivity index (χ3v) is 5.73. The van der Waals surface area contributed by atoms with Gasteiger partial charge >= 0.3 is 0 Å². The van der Waals surface area contributed by atoms with Crippen molar-refractivity contribution in [1.82, 2.24) is 0 Å². The standard InChI is InChI=1S/C21H23FO7/c1-27-15-5-2-12(3-6-15)8-13-9-14(4-7-16(13)22)21-19(26)17(24)18(25)20(10-23,29-21)11-28-21/h2-7,9,17-19,23-26H,8,10-11H2,1H3/t17-,18-,19+,20-,21-/m0/s1. The highest BCUT2D eigenvalue weighted by atomic mass is 19.1. The summed E-state index contributed by atoms with van der Waals surface area (Å²) in [5.74, 6) is -1.57. The van der Waals surface area contributed by atoms with Crippen LogP contribution in [0, 0.1) is 5.82 Å². The molecule has 5 atom stereocenters. The molecule has 0 unspecified atom stereocenters. The van der Waals surface area contributed by atoms with Crippen LogP contribution in [0.1, 0.15) is 16.7 Å². The fourth-order valence-electron chi connectivity index (χ4n) is 3.97. The molecule has 0 aromatic heterocycles. The molecule has 2 aromatic rings. The van der Waals surface area contributed by atoms with Gasteiger partial charge in [-0.05, 0) is 35.4 Å². The summed E-state index contributed by atoms with van der Waals surface area (Å²) in [7, 11) is 1.56. The molecular formula is C21H23FO7. The second kappa shape index (κ2) is 7.32. The Morgan fingerprint density at radius 2 is 1.83 bits per heavy atom. The lowest BCUT2D eigenvalue weighted by Crippen LogP contribution is -2.65. The van der Waals surface area contributed by atoms with E-state index in [1.165, 1.54) is 18.2 Å². The zero-order valence-electron chi connectivity index (χ0n) is 15.8. The summed E-state index contributed by atoms with van der Waals surface area (Å²) in [6, 6.07) is 11.3. The van der Waals surface area contributed by atoms with Crippen molar-refractivity contribution in [3.8, 4) is 5.75 Å². The monoisotopic (exact) mass is 406 g/mol. The van der Waals surface area contributed by atoms with E-state index in [4.69, 9.17) is 14.2 Å². The number of methoxy groups -OCH3 is 1.